The molecule has 1 rings (SSSR count). The minimum atomic E-state index is 0.0698. The van der Waals surface area contributed by atoms with Crippen LogP contribution >= 0.6 is 23.2 Å². The van der Waals surface area contributed by atoms with Crippen molar-refractivity contribution in [2.75, 3.05) is 5.32 Å². The molecule has 0 spiro atoms. The molecule has 0 aromatic heterocycles. The highest BCUT2D eigenvalue weighted by Crippen LogP contribution is 2.23. The van der Waals surface area contributed by atoms with Crippen LogP contribution in [0.15, 0.2) is 23.4 Å². The van der Waals surface area contributed by atoms with Gasteiger partial charge in [-0.05, 0) is 24.6 Å². The van der Waals surface area contributed by atoms with Gasteiger partial charge >= 0.3 is 0 Å². The van der Waals surface area contributed by atoms with Crippen LogP contribution in [0.4, 0.5) is 5.69 Å². The molecule has 4 N–H and O–H groups in total. The average molecular weight is 276 g/mol. The molecular formula is C11H15Cl2N3O. The summed E-state index contributed by atoms with van der Waals surface area (Å²) in [5.74, 6) is 0.192. The van der Waals surface area contributed by atoms with Crippen LogP contribution in [-0.2, 0) is 0 Å². The minimum Gasteiger partial charge on any atom is -0.409 e. The fourth-order valence-corrected chi connectivity index (χ4v) is 1.99. The first-order valence-corrected chi connectivity index (χ1v) is 5.99. The number of rotatable bonds is 5. The fourth-order valence-electron chi connectivity index (χ4n) is 1.46. The number of nitrogens with one attached hydrogen (secondary N) is 1. The lowest BCUT2D eigenvalue weighted by Gasteiger charge is -2.17. The van der Waals surface area contributed by atoms with Crippen molar-refractivity contribution >= 4 is 34.7 Å². The van der Waals surface area contributed by atoms with Gasteiger partial charge in [0.2, 0.25) is 0 Å². The highest BCUT2D eigenvalue weighted by atomic mass is 35.5. The Hall–Kier alpha value is -1.13. The first kappa shape index (κ1) is 13.9. The molecule has 6 heteroatoms. The van der Waals surface area contributed by atoms with Crippen molar-refractivity contribution in [2.24, 2.45) is 10.9 Å². The standard InChI is InChI=1S/C11H15Cl2N3O/c1-2-9(6-11(14)16-17)15-10-4-7(12)3-8(13)5-10/h3-5,9,15,17H,2,6H2,1H3,(H2,14,16). The molecule has 0 amide bonds. The molecule has 1 atom stereocenters. The second kappa shape index (κ2) is 6.57. The number of hydrogen-bond acceptors (Lipinski definition) is 3. The Labute approximate surface area is 110 Å². The summed E-state index contributed by atoms with van der Waals surface area (Å²) in [5.41, 5.74) is 6.29. The van der Waals surface area contributed by atoms with Crippen molar-refractivity contribution in [3.05, 3.63) is 28.2 Å². The van der Waals surface area contributed by atoms with E-state index < -0.39 is 0 Å². The van der Waals surface area contributed by atoms with Crippen LogP contribution in [0.5, 0.6) is 0 Å². The van der Waals surface area contributed by atoms with Gasteiger partial charge in [-0.25, -0.2) is 0 Å². The van der Waals surface area contributed by atoms with Crippen LogP contribution in [0.3, 0.4) is 0 Å². The van der Waals surface area contributed by atoms with Gasteiger partial charge in [0.15, 0.2) is 0 Å². The molecule has 0 radical (unpaired) electrons. The highest BCUT2D eigenvalue weighted by molar-refractivity contribution is 6.35. The number of amidine groups is 1. The SMILES string of the molecule is CCC(CC(N)=NO)Nc1cc(Cl)cc(Cl)c1. The maximum atomic E-state index is 8.53. The predicted octanol–water partition coefficient (Wildman–Crippen LogP) is 3.32. The van der Waals surface area contributed by atoms with Gasteiger partial charge < -0.3 is 16.3 Å². The molecular weight excluding hydrogens is 261 g/mol. The van der Waals surface area contributed by atoms with Crippen molar-refractivity contribution in [3.8, 4) is 0 Å². The van der Waals surface area contributed by atoms with Crippen molar-refractivity contribution < 1.29 is 5.21 Å². The maximum Gasteiger partial charge on any atom is 0.141 e. The zero-order valence-corrected chi connectivity index (χ0v) is 11.0. The molecule has 94 valence electrons. The largest absolute Gasteiger partial charge is 0.409 e. The summed E-state index contributed by atoms with van der Waals surface area (Å²) in [4.78, 5) is 0. The molecule has 17 heavy (non-hydrogen) atoms. The molecule has 0 saturated carbocycles. The number of hydrogen-bond donors (Lipinski definition) is 3. The van der Waals surface area contributed by atoms with E-state index in [-0.39, 0.29) is 11.9 Å². The molecule has 1 unspecified atom stereocenters. The number of oxime groups is 1. The molecule has 0 aliphatic carbocycles. The quantitative estimate of drug-likeness (QED) is 0.334. The molecule has 0 fully saturated rings. The van der Waals surface area contributed by atoms with E-state index in [0.29, 0.717) is 16.5 Å². The first-order chi connectivity index (χ1) is 8.05. The van der Waals surface area contributed by atoms with Crippen LogP contribution in [0.1, 0.15) is 19.8 Å². The third kappa shape index (κ3) is 4.71. The van der Waals surface area contributed by atoms with E-state index in [9.17, 15) is 0 Å². The van der Waals surface area contributed by atoms with Gasteiger partial charge in [-0.1, -0.05) is 35.3 Å². The Balaban J connectivity index is 2.73. The van der Waals surface area contributed by atoms with Gasteiger partial charge in [-0.2, -0.15) is 0 Å². The summed E-state index contributed by atoms with van der Waals surface area (Å²) < 4.78 is 0. The van der Waals surface area contributed by atoms with Gasteiger partial charge in [0.1, 0.15) is 5.84 Å². The summed E-state index contributed by atoms with van der Waals surface area (Å²) in [5, 5.41) is 15.9. The zero-order valence-electron chi connectivity index (χ0n) is 9.45. The topological polar surface area (TPSA) is 70.6 Å². The normalized spacial score (nSPS) is 13.5. The summed E-state index contributed by atoms with van der Waals surface area (Å²) in [6, 6.07) is 5.30. The van der Waals surface area contributed by atoms with E-state index in [1.165, 1.54) is 0 Å². The molecule has 4 nitrogen and oxygen atoms in total. The van der Waals surface area contributed by atoms with Crippen molar-refractivity contribution in [1.82, 2.24) is 0 Å². The van der Waals surface area contributed by atoms with Crippen LogP contribution in [-0.4, -0.2) is 17.1 Å². The van der Waals surface area contributed by atoms with E-state index in [0.717, 1.165) is 12.1 Å². The highest BCUT2D eigenvalue weighted by Gasteiger charge is 2.09. The summed E-state index contributed by atoms with van der Waals surface area (Å²) in [6.45, 7) is 2.01. The zero-order chi connectivity index (χ0) is 12.8. The molecule has 0 bridgehead atoms. The number of anilines is 1. The Bertz CT molecular complexity index is 389. The van der Waals surface area contributed by atoms with Gasteiger partial charge in [0.25, 0.3) is 0 Å². The summed E-state index contributed by atoms with van der Waals surface area (Å²) >= 11 is 11.8. The number of nitrogens with zero attached hydrogens (tertiary/aromatic N) is 1. The average Bonchev–Trinajstić information content (AvgIpc) is 2.26. The molecule has 0 saturated heterocycles. The maximum absolute atomic E-state index is 8.53. The van der Waals surface area contributed by atoms with Gasteiger partial charge in [-0.3, -0.25) is 0 Å². The third-order valence-electron chi connectivity index (χ3n) is 2.31. The lowest BCUT2D eigenvalue weighted by molar-refractivity contribution is 0.316. The summed E-state index contributed by atoms with van der Waals surface area (Å²) in [6.07, 6.45) is 1.29. The number of nitrogens with two attached hydrogens (primary N) is 1. The Kier molecular flexibility index (Phi) is 5.38. The fraction of sp³-hybridized carbons (Fsp3) is 0.364. The lowest BCUT2D eigenvalue weighted by Crippen LogP contribution is -2.26. The van der Waals surface area contributed by atoms with Crippen LogP contribution in [0, 0.1) is 0 Å². The smallest absolute Gasteiger partial charge is 0.141 e. The first-order valence-electron chi connectivity index (χ1n) is 5.24. The summed E-state index contributed by atoms with van der Waals surface area (Å²) in [7, 11) is 0. The number of benzene rings is 1. The van der Waals surface area contributed by atoms with E-state index in [2.05, 4.69) is 10.5 Å². The van der Waals surface area contributed by atoms with Crippen LogP contribution in [0.25, 0.3) is 0 Å². The van der Waals surface area contributed by atoms with Crippen LogP contribution < -0.4 is 11.1 Å². The minimum absolute atomic E-state index is 0.0698. The molecule has 0 heterocycles. The Morgan fingerprint density at radius 1 is 1.41 bits per heavy atom. The van der Waals surface area contributed by atoms with Gasteiger partial charge in [0, 0.05) is 28.2 Å². The van der Waals surface area contributed by atoms with E-state index in [1.807, 2.05) is 6.92 Å². The van der Waals surface area contributed by atoms with E-state index in [4.69, 9.17) is 34.1 Å². The number of halogens is 2. The second-order valence-electron chi connectivity index (χ2n) is 3.70. The van der Waals surface area contributed by atoms with Crippen LogP contribution in [0.2, 0.25) is 10.0 Å². The van der Waals surface area contributed by atoms with Gasteiger partial charge in [0.05, 0.1) is 0 Å². The molecule has 0 aliphatic heterocycles. The van der Waals surface area contributed by atoms with E-state index >= 15 is 0 Å². The Morgan fingerprint density at radius 3 is 2.47 bits per heavy atom. The third-order valence-corrected chi connectivity index (χ3v) is 2.75. The van der Waals surface area contributed by atoms with Crippen molar-refractivity contribution in [1.29, 1.82) is 0 Å². The molecule has 1 aromatic rings. The predicted molar refractivity (Wildman–Crippen MR) is 72.2 cm³/mol. The monoisotopic (exact) mass is 275 g/mol. The molecule has 1 aromatic carbocycles. The lowest BCUT2D eigenvalue weighted by atomic mass is 10.1. The Morgan fingerprint density at radius 2 is 2.00 bits per heavy atom. The second-order valence-corrected chi connectivity index (χ2v) is 4.58. The van der Waals surface area contributed by atoms with Crippen molar-refractivity contribution in [2.45, 2.75) is 25.8 Å². The van der Waals surface area contributed by atoms with E-state index in [1.54, 1.807) is 18.2 Å². The molecule has 0 aliphatic rings. The van der Waals surface area contributed by atoms with Gasteiger partial charge in [-0.15, -0.1) is 0 Å². The van der Waals surface area contributed by atoms with Crippen molar-refractivity contribution in [3.63, 3.8) is 0 Å².